The topological polar surface area (TPSA) is 48.1 Å². The molecule has 0 aliphatic rings. The summed E-state index contributed by atoms with van der Waals surface area (Å²) in [4.78, 5) is 0. The molecule has 1 aromatic heterocycles. The SMILES string of the molecule is Nc1ccc(Oc2nsc3ccccc23)cc1. The molecular formula is C13H10N2OS. The van der Waals surface area contributed by atoms with Crippen molar-refractivity contribution in [2.45, 2.75) is 0 Å². The zero-order chi connectivity index (χ0) is 11.7. The van der Waals surface area contributed by atoms with Crippen LogP contribution in [0, 0.1) is 0 Å². The van der Waals surface area contributed by atoms with Crippen molar-refractivity contribution in [3.63, 3.8) is 0 Å². The van der Waals surface area contributed by atoms with E-state index < -0.39 is 0 Å². The van der Waals surface area contributed by atoms with Crippen molar-refractivity contribution in [1.82, 2.24) is 4.37 Å². The van der Waals surface area contributed by atoms with Gasteiger partial charge >= 0.3 is 0 Å². The first-order chi connectivity index (χ1) is 8.33. The monoisotopic (exact) mass is 242 g/mol. The van der Waals surface area contributed by atoms with Gasteiger partial charge in [0.25, 0.3) is 0 Å². The molecular weight excluding hydrogens is 232 g/mol. The highest BCUT2D eigenvalue weighted by atomic mass is 32.1. The number of nitrogen functional groups attached to an aromatic ring is 1. The normalized spacial score (nSPS) is 10.6. The smallest absolute Gasteiger partial charge is 0.238 e. The van der Waals surface area contributed by atoms with Crippen LogP contribution in [-0.4, -0.2) is 4.37 Å². The molecule has 2 aromatic carbocycles. The molecule has 0 saturated carbocycles. The lowest BCUT2D eigenvalue weighted by Crippen LogP contribution is -1.86. The first-order valence-corrected chi connectivity index (χ1v) is 5.98. The third-order valence-corrected chi connectivity index (χ3v) is 3.25. The molecule has 0 amide bonds. The van der Waals surface area contributed by atoms with Crippen molar-refractivity contribution in [3.8, 4) is 11.6 Å². The van der Waals surface area contributed by atoms with E-state index >= 15 is 0 Å². The first kappa shape index (κ1) is 10.1. The molecule has 4 heteroatoms. The summed E-state index contributed by atoms with van der Waals surface area (Å²) >= 11 is 1.44. The van der Waals surface area contributed by atoms with Crippen LogP contribution in [0.3, 0.4) is 0 Å². The van der Waals surface area contributed by atoms with E-state index in [1.54, 1.807) is 0 Å². The fourth-order valence-electron chi connectivity index (χ4n) is 1.58. The van der Waals surface area contributed by atoms with Crippen LogP contribution in [0.2, 0.25) is 0 Å². The van der Waals surface area contributed by atoms with Crippen LogP contribution >= 0.6 is 11.5 Å². The van der Waals surface area contributed by atoms with Crippen molar-refractivity contribution in [1.29, 1.82) is 0 Å². The van der Waals surface area contributed by atoms with Gasteiger partial charge in [-0.15, -0.1) is 0 Å². The minimum Gasteiger partial charge on any atom is -0.438 e. The number of nitrogens with zero attached hydrogens (tertiary/aromatic N) is 1. The molecule has 3 rings (SSSR count). The van der Waals surface area contributed by atoms with Crippen LogP contribution < -0.4 is 10.5 Å². The van der Waals surface area contributed by atoms with Crippen LogP contribution in [-0.2, 0) is 0 Å². The molecule has 0 radical (unpaired) electrons. The van der Waals surface area contributed by atoms with Gasteiger partial charge in [-0.2, -0.15) is 4.37 Å². The average molecular weight is 242 g/mol. The second-order valence-electron chi connectivity index (χ2n) is 3.65. The summed E-state index contributed by atoms with van der Waals surface area (Å²) in [7, 11) is 0. The predicted octanol–water partition coefficient (Wildman–Crippen LogP) is 3.67. The van der Waals surface area contributed by atoms with Crippen molar-refractivity contribution >= 4 is 27.3 Å². The molecule has 0 aliphatic carbocycles. The van der Waals surface area contributed by atoms with E-state index in [0.29, 0.717) is 5.88 Å². The van der Waals surface area contributed by atoms with Gasteiger partial charge < -0.3 is 10.5 Å². The number of fused-ring (bicyclic) bond motifs is 1. The van der Waals surface area contributed by atoms with E-state index in [4.69, 9.17) is 10.5 Å². The number of aromatic nitrogens is 1. The fraction of sp³-hybridized carbons (Fsp3) is 0. The van der Waals surface area contributed by atoms with Crippen LogP contribution in [0.5, 0.6) is 11.6 Å². The summed E-state index contributed by atoms with van der Waals surface area (Å²) in [6.07, 6.45) is 0. The van der Waals surface area contributed by atoms with Crippen molar-refractivity contribution in [2.24, 2.45) is 0 Å². The molecule has 17 heavy (non-hydrogen) atoms. The lowest BCUT2D eigenvalue weighted by molar-refractivity contribution is 0.474. The predicted molar refractivity (Wildman–Crippen MR) is 70.5 cm³/mol. The van der Waals surface area contributed by atoms with Gasteiger partial charge in [0, 0.05) is 5.69 Å². The van der Waals surface area contributed by atoms with Crippen LogP contribution in [0.4, 0.5) is 5.69 Å². The average Bonchev–Trinajstić information content (AvgIpc) is 2.76. The molecule has 3 aromatic rings. The summed E-state index contributed by atoms with van der Waals surface area (Å²) in [6.45, 7) is 0. The fourth-order valence-corrected chi connectivity index (χ4v) is 2.29. The number of benzene rings is 2. The quantitative estimate of drug-likeness (QED) is 0.697. The molecule has 0 fully saturated rings. The minimum atomic E-state index is 0.648. The van der Waals surface area contributed by atoms with E-state index in [1.165, 1.54) is 11.5 Å². The zero-order valence-electron chi connectivity index (χ0n) is 8.96. The summed E-state index contributed by atoms with van der Waals surface area (Å²) in [5.74, 6) is 1.39. The van der Waals surface area contributed by atoms with Gasteiger partial charge in [0.05, 0.1) is 10.1 Å². The van der Waals surface area contributed by atoms with E-state index in [0.717, 1.165) is 21.5 Å². The van der Waals surface area contributed by atoms with Crippen LogP contribution in [0.1, 0.15) is 0 Å². The summed E-state index contributed by atoms with van der Waals surface area (Å²) in [5.41, 5.74) is 6.34. The Kier molecular flexibility index (Phi) is 2.42. The van der Waals surface area contributed by atoms with Gasteiger partial charge in [-0.3, -0.25) is 0 Å². The van der Waals surface area contributed by atoms with Crippen LogP contribution in [0.25, 0.3) is 10.1 Å². The third kappa shape index (κ3) is 1.94. The van der Waals surface area contributed by atoms with Crippen molar-refractivity contribution in [3.05, 3.63) is 48.5 Å². The number of hydrogen-bond acceptors (Lipinski definition) is 4. The number of ether oxygens (including phenoxy) is 1. The zero-order valence-corrected chi connectivity index (χ0v) is 9.78. The summed E-state index contributed by atoms with van der Waals surface area (Å²) < 4.78 is 11.2. The first-order valence-electron chi connectivity index (χ1n) is 5.21. The van der Waals surface area contributed by atoms with Crippen LogP contribution in [0.15, 0.2) is 48.5 Å². The molecule has 0 bridgehead atoms. The molecule has 0 unspecified atom stereocenters. The van der Waals surface area contributed by atoms with Gasteiger partial charge in [0.15, 0.2) is 0 Å². The Morgan fingerprint density at radius 1 is 1.00 bits per heavy atom. The second kappa shape index (κ2) is 4.07. The van der Waals surface area contributed by atoms with E-state index in [9.17, 15) is 0 Å². The number of rotatable bonds is 2. The molecule has 0 atom stereocenters. The Morgan fingerprint density at radius 3 is 2.59 bits per heavy atom. The van der Waals surface area contributed by atoms with Crippen molar-refractivity contribution in [2.75, 3.05) is 5.73 Å². The minimum absolute atomic E-state index is 0.648. The maximum absolute atomic E-state index is 5.73. The van der Waals surface area contributed by atoms with Gasteiger partial charge in [-0.1, -0.05) is 12.1 Å². The molecule has 0 saturated heterocycles. The van der Waals surface area contributed by atoms with Gasteiger partial charge in [0.1, 0.15) is 5.75 Å². The van der Waals surface area contributed by atoms with E-state index in [1.807, 2.05) is 48.5 Å². The van der Waals surface area contributed by atoms with E-state index in [2.05, 4.69) is 4.37 Å². The lowest BCUT2D eigenvalue weighted by Gasteiger charge is -2.02. The Labute approximate surface area is 103 Å². The molecule has 84 valence electrons. The Morgan fingerprint density at radius 2 is 1.76 bits per heavy atom. The Hall–Kier alpha value is -2.07. The lowest BCUT2D eigenvalue weighted by atomic mass is 10.3. The second-order valence-corrected chi connectivity index (χ2v) is 4.46. The molecule has 3 nitrogen and oxygen atoms in total. The number of nitrogens with two attached hydrogens (primary N) is 1. The number of anilines is 1. The maximum atomic E-state index is 5.73. The Bertz CT molecular complexity index is 646. The van der Waals surface area contributed by atoms with Crippen molar-refractivity contribution < 1.29 is 4.74 Å². The highest BCUT2D eigenvalue weighted by Crippen LogP contribution is 2.31. The third-order valence-electron chi connectivity index (χ3n) is 2.44. The standard InChI is InChI=1S/C13H10N2OS/c14-9-5-7-10(8-6-9)16-13-11-3-1-2-4-12(11)17-15-13/h1-8H,14H2. The highest BCUT2D eigenvalue weighted by Gasteiger charge is 2.07. The molecule has 0 aliphatic heterocycles. The van der Waals surface area contributed by atoms with Gasteiger partial charge in [0.2, 0.25) is 5.88 Å². The number of hydrogen-bond donors (Lipinski definition) is 1. The van der Waals surface area contributed by atoms with Gasteiger partial charge in [-0.05, 0) is 47.9 Å². The summed E-state index contributed by atoms with van der Waals surface area (Å²) in [5, 5.41) is 1.04. The Balaban J connectivity index is 1.97. The van der Waals surface area contributed by atoms with E-state index in [-0.39, 0.29) is 0 Å². The summed E-state index contributed by atoms with van der Waals surface area (Å²) in [6, 6.07) is 15.3. The maximum Gasteiger partial charge on any atom is 0.238 e. The molecule has 1 heterocycles. The molecule has 0 spiro atoms. The largest absolute Gasteiger partial charge is 0.438 e. The highest BCUT2D eigenvalue weighted by molar-refractivity contribution is 7.13. The molecule has 2 N–H and O–H groups in total. The van der Waals surface area contributed by atoms with Gasteiger partial charge in [-0.25, -0.2) is 0 Å².